The molecule has 0 amide bonds. The van der Waals surface area contributed by atoms with Crippen LogP contribution in [0.4, 0.5) is 0 Å². The average Bonchev–Trinajstić information content (AvgIpc) is 1.41. The van der Waals surface area contributed by atoms with Gasteiger partial charge in [0.2, 0.25) is 0 Å². The summed E-state index contributed by atoms with van der Waals surface area (Å²) in [5.74, 6) is 4.57. The Morgan fingerprint density at radius 3 is 2.60 bits per heavy atom. The summed E-state index contributed by atoms with van der Waals surface area (Å²) in [5.41, 5.74) is 2.89. The molecule has 0 aromatic heterocycles. The average molecular weight is 92.1 g/mol. The maximum Gasteiger partial charge on any atom is 0.176 e. The van der Waals surface area contributed by atoms with Crippen molar-refractivity contribution < 1.29 is 4.84 Å². The fourth-order valence-electron chi connectivity index (χ4n) is 0.0278. The van der Waals surface area contributed by atoms with Gasteiger partial charge in [0.1, 0.15) is 0 Å². The van der Waals surface area contributed by atoms with E-state index in [1.54, 1.807) is 0 Å². The van der Waals surface area contributed by atoms with Crippen LogP contribution in [-0.2, 0) is 4.84 Å². The van der Waals surface area contributed by atoms with Gasteiger partial charge in [0, 0.05) is 0 Å². The van der Waals surface area contributed by atoms with Gasteiger partial charge in [-0.2, -0.15) is 0 Å². The minimum atomic E-state index is 1.03. The van der Waals surface area contributed by atoms with Crippen LogP contribution >= 0.6 is 12.2 Å². The summed E-state index contributed by atoms with van der Waals surface area (Å²) in [6.07, 6.45) is 0. The summed E-state index contributed by atoms with van der Waals surface area (Å²) in [6, 6.07) is 0. The van der Waals surface area contributed by atoms with E-state index in [0.717, 1.165) is 5.55 Å². The Kier molecular flexibility index (Phi) is 3.67. The molecule has 0 fully saturated rings. The van der Waals surface area contributed by atoms with Crippen LogP contribution in [0, 0.1) is 0 Å². The molecular weight excluding hydrogens is 88.1 g/mol. The molecule has 4 heteroatoms. The van der Waals surface area contributed by atoms with E-state index < -0.39 is 0 Å². The Morgan fingerprint density at radius 1 is 2.00 bits per heavy atom. The third-order valence-corrected chi connectivity index (χ3v) is 0.212. The zero-order valence-electron chi connectivity index (χ0n) is 2.47. The fourth-order valence-corrected chi connectivity index (χ4v) is 0.0833. The summed E-state index contributed by atoms with van der Waals surface area (Å²) in [7, 11) is 0. The molecule has 0 aliphatic carbocycles. The predicted octanol–water partition coefficient (Wildman–Crippen LogP) is -0.661. The van der Waals surface area contributed by atoms with Gasteiger partial charge in [-0.3, -0.25) is 0 Å². The SMILES string of the molecule is NNOC=S. The number of rotatable bonds is 2. The van der Waals surface area contributed by atoms with Crippen LogP contribution in [0.2, 0.25) is 0 Å². The molecule has 3 N–H and O–H groups in total. The van der Waals surface area contributed by atoms with Gasteiger partial charge in [-0.05, 0) is 12.2 Å². The van der Waals surface area contributed by atoms with E-state index in [9.17, 15) is 0 Å². The molecule has 0 unspecified atom stereocenters. The summed E-state index contributed by atoms with van der Waals surface area (Å²) in [5, 5.41) is 0. The number of thiocarbonyl (C=S) groups is 1. The van der Waals surface area contributed by atoms with Crippen molar-refractivity contribution in [1.82, 2.24) is 5.59 Å². The summed E-state index contributed by atoms with van der Waals surface area (Å²) < 4.78 is 0. The number of hydrazine groups is 1. The van der Waals surface area contributed by atoms with Crippen LogP contribution in [0.25, 0.3) is 0 Å². The van der Waals surface area contributed by atoms with Gasteiger partial charge in [0.15, 0.2) is 5.55 Å². The molecule has 0 radical (unpaired) electrons. The van der Waals surface area contributed by atoms with Crippen molar-refractivity contribution in [2.45, 2.75) is 0 Å². The first-order chi connectivity index (χ1) is 2.41. The van der Waals surface area contributed by atoms with Gasteiger partial charge < -0.3 is 4.84 Å². The molecule has 0 aromatic carbocycles. The zero-order valence-corrected chi connectivity index (χ0v) is 3.29. The van der Waals surface area contributed by atoms with Crippen molar-refractivity contribution in [2.24, 2.45) is 5.84 Å². The highest BCUT2D eigenvalue weighted by Crippen LogP contribution is 1.44. The van der Waals surface area contributed by atoms with Crippen molar-refractivity contribution in [3.63, 3.8) is 0 Å². The quantitative estimate of drug-likeness (QED) is 0.269. The van der Waals surface area contributed by atoms with E-state index in [1.165, 1.54) is 0 Å². The molecule has 0 aliphatic rings. The molecule has 0 heterocycles. The Hall–Kier alpha value is -0.190. The Balaban J connectivity index is 2.40. The van der Waals surface area contributed by atoms with Crippen molar-refractivity contribution in [2.75, 3.05) is 0 Å². The lowest BCUT2D eigenvalue weighted by Gasteiger charge is -1.85. The smallest absolute Gasteiger partial charge is 0.176 e. The maximum atomic E-state index is 4.57. The second-order valence-corrected chi connectivity index (χ2v) is 0.524. The standard InChI is InChI=1S/CH4N2OS/c2-3-4-1-5/h1,3H,2H2. The second kappa shape index (κ2) is 3.81. The molecule has 0 bridgehead atoms. The monoisotopic (exact) mass is 92.0 g/mol. The van der Waals surface area contributed by atoms with Crippen LogP contribution in [-0.4, -0.2) is 5.55 Å². The van der Waals surface area contributed by atoms with Gasteiger partial charge in [-0.15, -0.1) is 0 Å². The van der Waals surface area contributed by atoms with E-state index in [0.29, 0.717) is 0 Å². The van der Waals surface area contributed by atoms with Crippen LogP contribution in [0.15, 0.2) is 0 Å². The summed E-state index contributed by atoms with van der Waals surface area (Å²) in [6.45, 7) is 0. The minimum absolute atomic E-state index is 1.03. The Labute approximate surface area is 35.0 Å². The first kappa shape index (κ1) is 4.81. The van der Waals surface area contributed by atoms with E-state index in [4.69, 9.17) is 0 Å². The van der Waals surface area contributed by atoms with Gasteiger partial charge in [0.05, 0.1) is 0 Å². The summed E-state index contributed by atoms with van der Waals surface area (Å²) in [4.78, 5) is 4.05. The lowest BCUT2D eigenvalue weighted by molar-refractivity contribution is 0.202. The van der Waals surface area contributed by atoms with Gasteiger partial charge in [0.25, 0.3) is 0 Å². The fraction of sp³-hybridized carbons (Fsp3) is 0. The predicted molar refractivity (Wildman–Crippen MR) is 22.1 cm³/mol. The van der Waals surface area contributed by atoms with Crippen molar-refractivity contribution in [1.29, 1.82) is 0 Å². The lowest BCUT2D eigenvalue weighted by Crippen LogP contribution is -2.20. The molecule has 0 aliphatic heterocycles. The zero-order chi connectivity index (χ0) is 4.12. The van der Waals surface area contributed by atoms with E-state index >= 15 is 0 Å². The first-order valence-corrected chi connectivity index (χ1v) is 1.44. The first-order valence-electron chi connectivity index (χ1n) is 0.964. The van der Waals surface area contributed by atoms with Gasteiger partial charge in [-0.1, -0.05) is 5.59 Å². The number of nitrogens with one attached hydrogen (secondary N) is 1. The van der Waals surface area contributed by atoms with E-state index in [1.807, 2.05) is 5.59 Å². The molecule has 5 heavy (non-hydrogen) atoms. The molecule has 0 spiro atoms. The molecule has 30 valence electrons. The van der Waals surface area contributed by atoms with Crippen LogP contribution in [0.5, 0.6) is 0 Å². The van der Waals surface area contributed by atoms with Gasteiger partial charge in [-0.25, -0.2) is 5.84 Å². The number of hydrogen-bond acceptors (Lipinski definition) is 4. The third-order valence-electron chi connectivity index (χ3n) is 0.116. The Bertz CT molecular complexity index is 30.8. The van der Waals surface area contributed by atoms with Crippen LogP contribution in [0.1, 0.15) is 0 Å². The van der Waals surface area contributed by atoms with Crippen LogP contribution in [0.3, 0.4) is 0 Å². The molecule has 0 rings (SSSR count). The second-order valence-electron chi connectivity index (χ2n) is 0.332. The highest BCUT2D eigenvalue weighted by molar-refractivity contribution is 7.78. The van der Waals surface area contributed by atoms with Crippen molar-refractivity contribution in [3.8, 4) is 0 Å². The topological polar surface area (TPSA) is 47.3 Å². The largest absolute Gasteiger partial charge is 0.390 e. The highest BCUT2D eigenvalue weighted by Gasteiger charge is 1.53. The molecule has 0 aromatic rings. The summed E-state index contributed by atoms with van der Waals surface area (Å²) >= 11 is 4.16. The molecule has 0 saturated carbocycles. The normalized spacial score (nSPS) is 6.60. The van der Waals surface area contributed by atoms with E-state index in [2.05, 4.69) is 22.9 Å². The van der Waals surface area contributed by atoms with E-state index in [-0.39, 0.29) is 0 Å². The van der Waals surface area contributed by atoms with Crippen LogP contribution < -0.4 is 11.4 Å². The highest BCUT2D eigenvalue weighted by atomic mass is 32.1. The minimum Gasteiger partial charge on any atom is -0.390 e. The molecule has 0 atom stereocenters. The van der Waals surface area contributed by atoms with Crippen molar-refractivity contribution >= 4 is 17.8 Å². The molecule has 0 saturated heterocycles. The third kappa shape index (κ3) is 3.81. The number of hydrogen-bond donors (Lipinski definition) is 2. The van der Waals surface area contributed by atoms with Crippen molar-refractivity contribution in [3.05, 3.63) is 0 Å². The molecular formula is CH4N2OS. The lowest BCUT2D eigenvalue weighted by atomic mass is 11.7. The Morgan fingerprint density at radius 2 is 2.60 bits per heavy atom. The molecule has 3 nitrogen and oxygen atoms in total. The number of nitrogens with two attached hydrogens (primary N) is 1. The van der Waals surface area contributed by atoms with Gasteiger partial charge >= 0.3 is 0 Å². The maximum absolute atomic E-state index is 4.57.